The van der Waals surface area contributed by atoms with Crippen molar-refractivity contribution < 1.29 is 4.57 Å². The van der Waals surface area contributed by atoms with Gasteiger partial charge in [-0.15, -0.1) is 0 Å². The van der Waals surface area contributed by atoms with Crippen molar-refractivity contribution in [2.24, 2.45) is 0 Å². The van der Waals surface area contributed by atoms with Crippen LogP contribution in [0.5, 0.6) is 0 Å². The third kappa shape index (κ3) is 5.15. The summed E-state index contributed by atoms with van der Waals surface area (Å²) in [7, 11) is -2.30. The summed E-state index contributed by atoms with van der Waals surface area (Å²) >= 11 is 0. The molecule has 1 aliphatic carbocycles. The number of fused-ring (bicyclic) bond motifs is 1. The number of aromatic nitrogens is 4. The minimum Gasteiger partial charge on any atom is -0.338 e. The van der Waals surface area contributed by atoms with Crippen LogP contribution in [0.1, 0.15) is 60.5 Å². The highest BCUT2D eigenvalue weighted by molar-refractivity contribution is 7.70. The van der Waals surface area contributed by atoms with Crippen LogP contribution in [0.3, 0.4) is 0 Å². The smallest absolute Gasteiger partial charge is 0.169 e. The van der Waals surface area contributed by atoms with Crippen LogP contribution in [0.4, 0.5) is 11.5 Å². The van der Waals surface area contributed by atoms with E-state index in [1.54, 1.807) is 13.3 Å². The third-order valence-electron chi connectivity index (χ3n) is 7.10. The van der Waals surface area contributed by atoms with E-state index in [2.05, 4.69) is 43.4 Å². The van der Waals surface area contributed by atoms with E-state index in [4.69, 9.17) is 15.0 Å². The molecule has 5 rings (SSSR count). The van der Waals surface area contributed by atoms with Crippen LogP contribution in [0.25, 0.3) is 23.4 Å². The molecule has 2 aromatic carbocycles. The number of nitrogens with zero attached hydrogens (tertiary/aromatic N) is 4. The number of imidazole rings is 1. The van der Waals surface area contributed by atoms with Crippen LogP contribution >= 0.6 is 7.14 Å². The Balaban J connectivity index is 1.55. The van der Waals surface area contributed by atoms with Gasteiger partial charge in [0, 0.05) is 23.1 Å². The fraction of sp³-hybridized carbons (Fsp3) is 0.345. The van der Waals surface area contributed by atoms with Gasteiger partial charge in [0.25, 0.3) is 0 Å². The average molecular weight is 500 g/mol. The van der Waals surface area contributed by atoms with Crippen molar-refractivity contribution in [2.45, 2.75) is 51.9 Å². The van der Waals surface area contributed by atoms with Gasteiger partial charge >= 0.3 is 0 Å². The van der Waals surface area contributed by atoms with Gasteiger partial charge in [0.1, 0.15) is 19.3 Å². The molecule has 1 saturated carbocycles. The van der Waals surface area contributed by atoms with Crippen LogP contribution in [-0.2, 0) is 4.57 Å². The highest BCUT2D eigenvalue weighted by Crippen LogP contribution is 2.36. The molecule has 0 bridgehead atoms. The minimum atomic E-state index is -2.30. The number of anilines is 2. The maximum Gasteiger partial charge on any atom is 0.169 e. The SMILES string of the molecule is Cc1cccc(C)c1/C=C/n1cnc2c(Nc3ccc(P(C)(C)=O)cc3)nc(C3CCCCC3)nc21. The summed E-state index contributed by atoms with van der Waals surface area (Å²) in [5.41, 5.74) is 6.12. The van der Waals surface area contributed by atoms with E-state index in [1.807, 2.05) is 41.4 Å². The molecule has 0 amide bonds. The van der Waals surface area contributed by atoms with Gasteiger partial charge in [-0.25, -0.2) is 15.0 Å². The average Bonchev–Trinajstić information content (AvgIpc) is 3.27. The lowest BCUT2D eigenvalue weighted by Crippen LogP contribution is -2.11. The molecule has 0 unspecified atom stereocenters. The van der Waals surface area contributed by atoms with Crippen molar-refractivity contribution in [3.63, 3.8) is 0 Å². The number of hydrogen-bond donors (Lipinski definition) is 1. The molecule has 1 fully saturated rings. The zero-order valence-electron chi connectivity index (χ0n) is 21.5. The topological polar surface area (TPSA) is 72.7 Å². The minimum absolute atomic E-state index is 0.364. The highest BCUT2D eigenvalue weighted by Gasteiger charge is 2.22. The monoisotopic (exact) mass is 499 g/mol. The van der Waals surface area contributed by atoms with E-state index in [0.717, 1.165) is 40.8 Å². The van der Waals surface area contributed by atoms with Crippen LogP contribution in [0.15, 0.2) is 48.8 Å². The van der Waals surface area contributed by atoms with Crippen molar-refractivity contribution in [2.75, 3.05) is 18.6 Å². The van der Waals surface area contributed by atoms with Crippen molar-refractivity contribution in [1.29, 1.82) is 0 Å². The lowest BCUT2D eigenvalue weighted by Gasteiger charge is -2.21. The van der Waals surface area contributed by atoms with Gasteiger partial charge in [-0.2, -0.15) is 0 Å². The Kier molecular flexibility index (Phi) is 6.81. The Morgan fingerprint density at radius 3 is 2.33 bits per heavy atom. The van der Waals surface area contributed by atoms with Gasteiger partial charge in [-0.1, -0.05) is 37.5 Å². The predicted molar refractivity (Wildman–Crippen MR) is 151 cm³/mol. The van der Waals surface area contributed by atoms with E-state index in [-0.39, 0.29) is 0 Å². The van der Waals surface area contributed by atoms with Crippen LogP contribution in [0.2, 0.25) is 0 Å². The molecule has 0 spiro atoms. The molecule has 6 nitrogen and oxygen atoms in total. The summed E-state index contributed by atoms with van der Waals surface area (Å²) in [4.78, 5) is 14.7. The molecule has 0 atom stereocenters. The quantitative estimate of drug-likeness (QED) is 0.286. The molecule has 2 aromatic heterocycles. The first-order valence-corrected chi connectivity index (χ1v) is 15.3. The fourth-order valence-electron chi connectivity index (χ4n) is 4.96. The van der Waals surface area contributed by atoms with Crippen molar-refractivity contribution in [1.82, 2.24) is 19.5 Å². The lowest BCUT2D eigenvalue weighted by atomic mass is 9.89. The molecule has 0 saturated heterocycles. The van der Waals surface area contributed by atoms with Crippen molar-refractivity contribution in [3.8, 4) is 0 Å². The molecule has 1 aliphatic rings. The molecule has 186 valence electrons. The van der Waals surface area contributed by atoms with Gasteiger partial charge in [0.15, 0.2) is 17.0 Å². The third-order valence-corrected chi connectivity index (χ3v) is 8.65. The molecule has 1 N–H and O–H groups in total. The van der Waals surface area contributed by atoms with E-state index in [0.29, 0.717) is 11.7 Å². The Hall–Kier alpha value is -3.24. The second-order valence-electron chi connectivity index (χ2n) is 10.2. The normalized spacial score (nSPS) is 15.1. The molecule has 7 heteroatoms. The Bertz CT molecular complexity index is 1440. The van der Waals surface area contributed by atoms with Gasteiger partial charge < -0.3 is 9.88 Å². The zero-order chi connectivity index (χ0) is 25.3. The van der Waals surface area contributed by atoms with Crippen LogP contribution < -0.4 is 10.6 Å². The molecule has 0 aliphatic heterocycles. The largest absolute Gasteiger partial charge is 0.338 e. The summed E-state index contributed by atoms with van der Waals surface area (Å²) < 4.78 is 14.4. The Morgan fingerprint density at radius 1 is 0.972 bits per heavy atom. The van der Waals surface area contributed by atoms with Gasteiger partial charge in [-0.3, -0.25) is 4.57 Å². The summed E-state index contributed by atoms with van der Waals surface area (Å²) in [6.07, 6.45) is 11.9. The van der Waals surface area contributed by atoms with E-state index >= 15 is 0 Å². The summed E-state index contributed by atoms with van der Waals surface area (Å²) in [6, 6.07) is 14.1. The summed E-state index contributed by atoms with van der Waals surface area (Å²) in [5, 5.41) is 4.34. The van der Waals surface area contributed by atoms with Crippen molar-refractivity contribution >= 4 is 47.4 Å². The molecule has 4 aromatic rings. The van der Waals surface area contributed by atoms with E-state index in [9.17, 15) is 4.57 Å². The van der Waals surface area contributed by atoms with E-state index in [1.165, 1.54) is 36.0 Å². The van der Waals surface area contributed by atoms with Gasteiger partial charge in [0.2, 0.25) is 0 Å². The Labute approximate surface area is 213 Å². The van der Waals surface area contributed by atoms with Crippen molar-refractivity contribution in [3.05, 3.63) is 71.3 Å². The molecule has 2 heterocycles. The van der Waals surface area contributed by atoms with Gasteiger partial charge in [-0.05, 0) is 87.1 Å². The molecular formula is C29H34N5OP. The maximum atomic E-state index is 12.4. The first kappa shape index (κ1) is 24.5. The number of aryl methyl sites for hydroxylation is 2. The second kappa shape index (κ2) is 10.0. The second-order valence-corrected chi connectivity index (χ2v) is 13.5. The summed E-state index contributed by atoms with van der Waals surface area (Å²) in [5.74, 6) is 1.96. The Morgan fingerprint density at radius 2 is 1.67 bits per heavy atom. The molecule has 0 radical (unpaired) electrons. The predicted octanol–water partition coefficient (Wildman–Crippen LogP) is 7.11. The first-order valence-electron chi connectivity index (χ1n) is 12.7. The number of rotatable bonds is 6. The maximum absolute atomic E-state index is 12.4. The molecular weight excluding hydrogens is 465 g/mol. The van der Waals surface area contributed by atoms with Crippen LogP contribution in [-0.4, -0.2) is 32.8 Å². The zero-order valence-corrected chi connectivity index (χ0v) is 22.4. The summed E-state index contributed by atoms with van der Waals surface area (Å²) in [6.45, 7) is 7.84. The number of hydrogen-bond acceptors (Lipinski definition) is 5. The lowest BCUT2D eigenvalue weighted by molar-refractivity contribution is 0.429. The van der Waals surface area contributed by atoms with E-state index < -0.39 is 7.14 Å². The fourth-order valence-corrected chi connectivity index (χ4v) is 5.83. The van der Waals surface area contributed by atoms with Gasteiger partial charge in [0.05, 0.1) is 0 Å². The number of nitrogens with one attached hydrogen (secondary N) is 1. The first-order chi connectivity index (χ1) is 17.3. The number of benzene rings is 2. The standard InChI is InChI=1S/C29H34N5OP/c1-20-9-8-10-21(2)25(20)17-18-34-19-30-26-28(31-23-13-15-24(16-14-23)36(3,4)35)32-27(33-29(26)34)22-11-6-5-7-12-22/h8-10,13-19,22H,5-7,11-12H2,1-4H3,(H,31,32,33)/b18-17+. The van der Waals surface area contributed by atoms with Crippen LogP contribution in [0, 0.1) is 13.8 Å². The molecule has 36 heavy (non-hydrogen) atoms. The highest BCUT2D eigenvalue weighted by atomic mass is 31.2.